The Hall–Kier alpha value is -1.73. The van der Waals surface area contributed by atoms with E-state index in [0.717, 1.165) is 10.4 Å². The van der Waals surface area contributed by atoms with Crippen LogP contribution in [0, 0.1) is 0 Å². The number of hydrogen-bond acceptors (Lipinski definition) is 3. The highest BCUT2D eigenvalue weighted by Gasteiger charge is 2.51. The number of primary sulfonamides is 1. The maximum Gasteiger partial charge on any atom is 0.261 e. The average molecular weight is 390 g/mol. The Kier molecular flexibility index (Phi) is 6.23. The Labute approximate surface area is 157 Å². The summed E-state index contributed by atoms with van der Waals surface area (Å²) < 4.78 is 30.0. The van der Waals surface area contributed by atoms with Crippen LogP contribution in [0.1, 0.15) is 20.8 Å². The summed E-state index contributed by atoms with van der Waals surface area (Å²) in [7, 11) is -6.52. The van der Waals surface area contributed by atoms with Gasteiger partial charge in [0.25, 0.3) is 8.32 Å². The van der Waals surface area contributed by atoms with Gasteiger partial charge in [0.15, 0.2) is 0 Å². The molecule has 2 aromatic rings. The Balaban J connectivity index is 2.69. The van der Waals surface area contributed by atoms with E-state index >= 15 is 0 Å². The van der Waals surface area contributed by atoms with Crippen molar-refractivity contribution < 1.29 is 12.8 Å². The zero-order chi connectivity index (χ0) is 19.4. The van der Waals surface area contributed by atoms with Crippen molar-refractivity contribution in [2.24, 2.45) is 5.14 Å². The molecule has 26 heavy (non-hydrogen) atoms. The highest BCUT2D eigenvalue weighted by Crippen LogP contribution is 2.37. The summed E-state index contributed by atoms with van der Waals surface area (Å²) in [5.74, 6) is -0.291. The molecule has 0 heterocycles. The number of nitrogens with two attached hydrogens (primary N) is 1. The molecule has 0 aliphatic heterocycles. The minimum absolute atomic E-state index is 0.241. The van der Waals surface area contributed by atoms with Gasteiger partial charge < -0.3 is 4.43 Å². The molecule has 6 heteroatoms. The van der Waals surface area contributed by atoms with Gasteiger partial charge in [-0.15, -0.1) is 6.58 Å². The summed E-state index contributed by atoms with van der Waals surface area (Å²) in [6.07, 6.45) is 0.848. The smallest absolute Gasteiger partial charge is 0.261 e. The summed E-state index contributed by atoms with van der Waals surface area (Å²) in [6, 6.07) is 20.1. The molecule has 0 spiro atoms. The van der Waals surface area contributed by atoms with Gasteiger partial charge in [-0.3, -0.25) is 0 Å². The molecule has 1 atom stereocenters. The lowest BCUT2D eigenvalue weighted by Crippen LogP contribution is -2.68. The maximum atomic E-state index is 11.7. The van der Waals surface area contributed by atoms with Gasteiger partial charge in [0.05, 0.1) is 11.9 Å². The lowest BCUT2D eigenvalue weighted by molar-refractivity contribution is 0.254. The number of hydrogen-bond donors (Lipinski definition) is 1. The van der Waals surface area contributed by atoms with E-state index in [9.17, 15) is 8.42 Å². The van der Waals surface area contributed by atoms with Gasteiger partial charge in [0.1, 0.15) is 0 Å². The lowest BCUT2D eigenvalue weighted by Gasteiger charge is -2.44. The number of sulfonamides is 1. The first-order valence-electron chi connectivity index (χ1n) is 8.52. The minimum Gasteiger partial charge on any atom is -0.400 e. The van der Waals surface area contributed by atoms with Crippen molar-refractivity contribution in [1.29, 1.82) is 0 Å². The number of rotatable bonds is 7. The first-order valence-corrected chi connectivity index (χ1v) is 12.1. The van der Waals surface area contributed by atoms with Gasteiger partial charge >= 0.3 is 0 Å². The second kappa shape index (κ2) is 7.88. The first-order chi connectivity index (χ1) is 12.1. The monoisotopic (exact) mass is 389 g/mol. The standard InChI is InChI=1S/C20H27NO3SSi/c1-5-17(16-25(21,22)23)24-26(20(2,3)4,18-12-8-6-9-13-18)19-14-10-7-11-15-19/h5-15,17H,1,16H2,2-4H3,(H2,21,22,23)/t17-/m1/s1. The molecule has 2 rings (SSSR count). The zero-order valence-corrected chi connectivity index (χ0v) is 17.4. The van der Waals surface area contributed by atoms with Crippen molar-refractivity contribution in [2.45, 2.75) is 31.9 Å². The molecule has 0 unspecified atom stereocenters. The van der Waals surface area contributed by atoms with E-state index in [1.807, 2.05) is 36.4 Å². The molecule has 4 nitrogen and oxygen atoms in total. The van der Waals surface area contributed by atoms with Crippen LogP contribution in [0.5, 0.6) is 0 Å². The van der Waals surface area contributed by atoms with E-state index in [1.165, 1.54) is 6.08 Å². The maximum absolute atomic E-state index is 11.7. The largest absolute Gasteiger partial charge is 0.400 e. The third-order valence-corrected chi connectivity index (χ3v) is 10.3. The van der Waals surface area contributed by atoms with Gasteiger partial charge in [0, 0.05) is 0 Å². The average Bonchev–Trinajstić information content (AvgIpc) is 2.58. The topological polar surface area (TPSA) is 69.4 Å². The van der Waals surface area contributed by atoms with Crippen molar-refractivity contribution in [2.75, 3.05) is 5.75 Å². The quantitative estimate of drug-likeness (QED) is 0.584. The Morgan fingerprint density at radius 2 is 1.46 bits per heavy atom. The lowest BCUT2D eigenvalue weighted by atomic mass is 10.2. The van der Waals surface area contributed by atoms with E-state index in [0.29, 0.717) is 0 Å². The summed E-state index contributed by atoms with van der Waals surface area (Å²) in [5, 5.41) is 7.20. The summed E-state index contributed by atoms with van der Waals surface area (Å²) in [5.41, 5.74) is 0. The fraction of sp³-hybridized carbons (Fsp3) is 0.300. The molecule has 0 amide bonds. The normalized spacial score (nSPS) is 14.0. The third kappa shape index (κ3) is 4.51. The van der Waals surface area contributed by atoms with Gasteiger partial charge in [-0.1, -0.05) is 87.5 Å². The molecule has 0 aromatic heterocycles. The van der Waals surface area contributed by atoms with Crippen LogP contribution in [0.3, 0.4) is 0 Å². The molecule has 0 radical (unpaired) electrons. The Bertz CT molecular complexity index is 791. The minimum atomic E-state index is -3.69. The van der Waals surface area contributed by atoms with Crippen LogP contribution in [0.15, 0.2) is 73.3 Å². The van der Waals surface area contributed by atoms with Crippen molar-refractivity contribution >= 4 is 28.7 Å². The molecular formula is C20H27NO3SSi. The van der Waals surface area contributed by atoms with Gasteiger partial charge in [-0.05, 0) is 15.4 Å². The van der Waals surface area contributed by atoms with Crippen LogP contribution in [0.4, 0.5) is 0 Å². The van der Waals surface area contributed by atoms with Crippen LogP contribution in [-0.2, 0) is 14.4 Å². The van der Waals surface area contributed by atoms with Crippen LogP contribution in [0.25, 0.3) is 0 Å². The summed E-state index contributed by atoms with van der Waals surface area (Å²) in [6.45, 7) is 10.2. The Morgan fingerprint density at radius 1 is 1.04 bits per heavy atom. The van der Waals surface area contributed by atoms with Crippen LogP contribution in [0.2, 0.25) is 5.04 Å². The second-order valence-corrected chi connectivity index (χ2v) is 13.3. The molecule has 0 aliphatic carbocycles. The summed E-state index contributed by atoms with van der Waals surface area (Å²) >= 11 is 0. The van der Waals surface area contributed by atoms with Crippen molar-refractivity contribution in [1.82, 2.24) is 0 Å². The second-order valence-electron chi connectivity index (χ2n) is 7.38. The van der Waals surface area contributed by atoms with Gasteiger partial charge in [-0.25, -0.2) is 13.6 Å². The first kappa shape index (κ1) is 20.6. The predicted molar refractivity (Wildman–Crippen MR) is 111 cm³/mol. The van der Waals surface area contributed by atoms with Crippen molar-refractivity contribution in [3.05, 3.63) is 73.3 Å². The predicted octanol–water partition coefficient (Wildman–Crippen LogP) is 2.41. The molecular weight excluding hydrogens is 362 g/mol. The van der Waals surface area contributed by atoms with Crippen LogP contribution < -0.4 is 15.5 Å². The van der Waals surface area contributed by atoms with E-state index in [1.54, 1.807) is 0 Å². The highest BCUT2D eigenvalue weighted by atomic mass is 32.2. The van der Waals surface area contributed by atoms with Crippen molar-refractivity contribution in [3.63, 3.8) is 0 Å². The van der Waals surface area contributed by atoms with E-state index in [-0.39, 0.29) is 10.8 Å². The Morgan fingerprint density at radius 3 is 1.77 bits per heavy atom. The van der Waals surface area contributed by atoms with Crippen LogP contribution >= 0.6 is 0 Å². The molecule has 0 bridgehead atoms. The highest BCUT2D eigenvalue weighted by molar-refractivity contribution is 7.89. The molecule has 0 saturated carbocycles. The third-order valence-electron chi connectivity index (χ3n) is 4.40. The van der Waals surface area contributed by atoms with Gasteiger partial charge in [0.2, 0.25) is 10.0 Å². The van der Waals surface area contributed by atoms with Gasteiger partial charge in [-0.2, -0.15) is 0 Å². The molecule has 140 valence electrons. The SMILES string of the molecule is C=C[C@H](CS(N)(=O)=O)O[Si](c1ccccc1)(c1ccccc1)C(C)(C)C. The van der Waals surface area contributed by atoms with Crippen LogP contribution in [-0.4, -0.2) is 28.6 Å². The molecule has 2 N–H and O–H groups in total. The van der Waals surface area contributed by atoms with E-state index in [4.69, 9.17) is 9.56 Å². The molecule has 0 aliphatic rings. The summed E-state index contributed by atoms with van der Waals surface area (Å²) in [4.78, 5) is 0. The van der Waals surface area contributed by atoms with E-state index in [2.05, 4.69) is 51.6 Å². The fourth-order valence-electron chi connectivity index (χ4n) is 3.30. The molecule has 2 aromatic carbocycles. The number of benzene rings is 2. The molecule has 0 fully saturated rings. The van der Waals surface area contributed by atoms with Crippen molar-refractivity contribution in [3.8, 4) is 0 Å². The zero-order valence-electron chi connectivity index (χ0n) is 15.6. The fourth-order valence-corrected chi connectivity index (χ4v) is 8.73. The molecule has 0 saturated heterocycles. The van der Waals surface area contributed by atoms with E-state index < -0.39 is 24.4 Å².